The topological polar surface area (TPSA) is 48.2 Å². The molecule has 0 spiro atoms. The van der Waals surface area contributed by atoms with Crippen molar-refractivity contribution < 1.29 is 9.15 Å². The Labute approximate surface area is 82.2 Å². The van der Waals surface area contributed by atoms with E-state index in [1.165, 1.54) is 0 Å². The molecule has 1 rings (SSSR count). The zero-order valence-corrected chi connectivity index (χ0v) is 8.92. The monoisotopic (exact) mass is 204 g/mol. The summed E-state index contributed by atoms with van der Waals surface area (Å²) >= 11 is 5.51. The maximum absolute atomic E-state index is 5.58. The molecule has 0 unspecified atom stereocenters. The van der Waals surface area contributed by atoms with Crippen molar-refractivity contribution in [3.8, 4) is 0 Å². The standard InChI is InChI=1S/C8H13ClN2O2/c1-5(2)13-8(3,4)6-10-11-7(9)12-6/h5H,1-4H3. The molecule has 0 fully saturated rings. The second-order valence-electron chi connectivity index (χ2n) is 3.54. The molecule has 1 aromatic heterocycles. The van der Waals surface area contributed by atoms with E-state index in [1.807, 2.05) is 27.7 Å². The molecule has 0 radical (unpaired) electrons. The second kappa shape index (κ2) is 3.64. The molecule has 0 aromatic carbocycles. The van der Waals surface area contributed by atoms with Gasteiger partial charge < -0.3 is 9.15 Å². The van der Waals surface area contributed by atoms with E-state index in [2.05, 4.69) is 10.2 Å². The first kappa shape index (κ1) is 10.5. The Balaban J connectivity index is 2.80. The molecule has 74 valence electrons. The van der Waals surface area contributed by atoms with E-state index >= 15 is 0 Å². The van der Waals surface area contributed by atoms with Crippen LogP contribution in [-0.2, 0) is 10.3 Å². The molecule has 1 heterocycles. The third-order valence-electron chi connectivity index (χ3n) is 1.45. The van der Waals surface area contributed by atoms with Crippen molar-refractivity contribution in [2.45, 2.75) is 39.4 Å². The molecular weight excluding hydrogens is 192 g/mol. The van der Waals surface area contributed by atoms with Crippen molar-refractivity contribution in [3.63, 3.8) is 0 Å². The van der Waals surface area contributed by atoms with E-state index in [-0.39, 0.29) is 11.5 Å². The number of hydrogen-bond acceptors (Lipinski definition) is 4. The van der Waals surface area contributed by atoms with Crippen molar-refractivity contribution in [2.24, 2.45) is 0 Å². The predicted octanol–water partition coefficient (Wildman–Crippen LogP) is 2.38. The molecule has 0 aliphatic rings. The summed E-state index contributed by atoms with van der Waals surface area (Å²) in [6, 6.07) is 0. The van der Waals surface area contributed by atoms with E-state index in [9.17, 15) is 0 Å². The molecule has 0 bridgehead atoms. The van der Waals surface area contributed by atoms with Crippen LogP contribution < -0.4 is 0 Å². The fourth-order valence-electron chi connectivity index (χ4n) is 1.09. The largest absolute Gasteiger partial charge is 0.409 e. The van der Waals surface area contributed by atoms with Crippen LogP contribution in [0.5, 0.6) is 0 Å². The number of rotatable bonds is 3. The van der Waals surface area contributed by atoms with Gasteiger partial charge in [-0.3, -0.25) is 0 Å². The molecular formula is C8H13ClN2O2. The van der Waals surface area contributed by atoms with Crippen molar-refractivity contribution in [2.75, 3.05) is 0 Å². The summed E-state index contributed by atoms with van der Waals surface area (Å²) in [7, 11) is 0. The van der Waals surface area contributed by atoms with Crippen molar-refractivity contribution in [1.29, 1.82) is 0 Å². The normalized spacial score (nSPS) is 12.5. The highest BCUT2D eigenvalue weighted by atomic mass is 35.5. The van der Waals surface area contributed by atoms with Crippen LogP contribution in [0.3, 0.4) is 0 Å². The number of ether oxygens (including phenoxy) is 1. The molecule has 0 saturated carbocycles. The summed E-state index contributed by atoms with van der Waals surface area (Å²) in [6.45, 7) is 7.60. The second-order valence-corrected chi connectivity index (χ2v) is 3.86. The maximum Gasteiger partial charge on any atom is 0.312 e. The molecule has 5 heteroatoms. The Bertz CT molecular complexity index is 283. The van der Waals surface area contributed by atoms with E-state index < -0.39 is 5.60 Å². The summed E-state index contributed by atoms with van der Waals surface area (Å²) in [5.41, 5.74) is -0.589. The lowest BCUT2D eigenvalue weighted by Crippen LogP contribution is -2.25. The number of hydrogen-bond donors (Lipinski definition) is 0. The molecule has 0 amide bonds. The molecule has 0 N–H and O–H groups in total. The Morgan fingerprint density at radius 1 is 1.38 bits per heavy atom. The molecule has 0 atom stereocenters. The van der Waals surface area contributed by atoms with Crippen LogP contribution in [0, 0.1) is 0 Å². The number of aromatic nitrogens is 2. The smallest absolute Gasteiger partial charge is 0.312 e. The van der Waals surface area contributed by atoms with E-state index in [0.717, 1.165) is 0 Å². The van der Waals surface area contributed by atoms with Crippen LogP contribution in [0.25, 0.3) is 0 Å². The first-order valence-electron chi connectivity index (χ1n) is 4.09. The van der Waals surface area contributed by atoms with Gasteiger partial charge in [-0.15, -0.1) is 5.10 Å². The first-order valence-corrected chi connectivity index (χ1v) is 4.47. The number of halogens is 1. The highest BCUT2D eigenvalue weighted by Gasteiger charge is 2.29. The van der Waals surface area contributed by atoms with Gasteiger partial charge in [-0.05, 0) is 39.3 Å². The van der Waals surface area contributed by atoms with Gasteiger partial charge in [-0.25, -0.2) is 0 Å². The average molecular weight is 205 g/mol. The third-order valence-corrected chi connectivity index (χ3v) is 1.60. The van der Waals surface area contributed by atoms with Crippen LogP contribution in [0.4, 0.5) is 0 Å². The zero-order valence-electron chi connectivity index (χ0n) is 8.17. The zero-order chi connectivity index (χ0) is 10.1. The fourth-order valence-corrected chi connectivity index (χ4v) is 1.20. The molecule has 0 aliphatic heterocycles. The van der Waals surface area contributed by atoms with Gasteiger partial charge in [-0.2, -0.15) is 0 Å². The predicted molar refractivity (Wildman–Crippen MR) is 48.6 cm³/mol. The molecule has 0 saturated heterocycles. The van der Waals surface area contributed by atoms with Gasteiger partial charge in [0, 0.05) is 0 Å². The van der Waals surface area contributed by atoms with Crippen LogP contribution >= 0.6 is 11.6 Å². The van der Waals surface area contributed by atoms with Crippen molar-refractivity contribution in [1.82, 2.24) is 10.2 Å². The number of nitrogens with zero attached hydrogens (tertiary/aromatic N) is 2. The van der Waals surface area contributed by atoms with Crippen LogP contribution in [0.15, 0.2) is 4.42 Å². The van der Waals surface area contributed by atoms with Crippen LogP contribution in [0.2, 0.25) is 5.35 Å². The Morgan fingerprint density at radius 3 is 2.38 bits per heavy atom. The quantitative estimate of drug-likeness (QED) is 0.759. The minimum absolute atomic E-state index is 0.0374. The lowest BCUT2D eigenvalue weighted by Gasteiger charge is -2.23. The van der Waals surface area contributed by atoms with Gasteiger partial charge in [0.05, 0.1) is 6.10 Å². The van der Waals surface area contributed by atoms with Crippen LogP contribution in [0.1, 0.15) is 33.6 Å². The highest BCUT2D eigenvalue weighted by molar-refractivity contribution is 6.27. The maximum atomic E-state index is 5.58. The summed E-state index contributed by atoms with van der Waals surface area (Å²) < 4.78 is 10.6. The van der Waals surface area contributed by atoms with Crippen molar-refractivity contribution >= 4 is 11.6 Å². The SMILES string of the molecule is CC(C)OC(C)(C)c1nnc(Cl)o1. The van der Waals surface area contributed by atoms with Gasteiger partial charge in [0.15, 0.2) is 0 Å². The lowest BCUT2D eigenvalue weighted by molar-refractivity contribution is -0.0758. The van der Waals surface area contributed by atoms with Gasteiger partial charge in [0.2, 0.25) is 5.89 Å². The third kappa shape index (κ3) is 2.67. The Hall–Kier alpha value is -0.610. The molecule has 4 nitrogen and oxygen atoms in total. The van der Waals surface area contributed by atoms with Crippen molar-refractivity contribution in [3.05, 3.63) is 11.2 Å². The Morgan fingerprint density at radius 2 is 2.00 bits per heavy atom. The summed E-state index contributed by atoms with van der Waals surface area (Å²) in [6.07, 6.45) is 0.0978. The van der Waals surface area contributed by atoms with Gasteiger partial charge >= 0.3 is 5.35 Å². The van der Waals surface area contributed by atoms with E-state index in [4.69, 9.17) is 20.8 Å². The highest BCUT2D eigenvalue weighted by Crippen LogP contribution is 2.25. The van der Waals surface area contributed by atoms with E-state index in [0.29, 0.717) is 5.89 Å². The van der Waals surface area contributed by atoms with Crippen LogP contribution in [-0.4, -0.2) is 16.3 Å². The first-order chi connectivity index (χ1) is 5.92. The summed E-state index contributed by atoms with van der Waals surface area (Å²) in [5.74, 6) is 0.395. The molecule has 13 heavy (non-hydrogen) atoms. The van der Waals surface area contributed by atoms with E-state index in [1.54, 1.807) is 0 Å². The minimum Gasteiger partial charge on any atom is -0.409 e. The van der Waals surface area contributed by atoms with Gasteiger partial charge in [0.1, 0.15) is 5.60 Å². The molecule has 0 aliphatic carbocycles. The average Bonchev–Trinajstić information content (AvgIpc) is 2.32. The van der Waals surface area contributed by atoms with Gasteiger partial charge in [0.25, 0.3) is 0 Å². The lowest BCUT2D eigenvalue weighted by atomic mass is 10.1. The minimum atomic E-state index is -0.589. The summed E-state index contributed by atoms with van der Waals surface area (Å²) in [4.78, 5) is 0. The molecule has 1 aromatic rings. The Kier molecular flexibility index (Phi) is 2.93. The summed E-state index contributed by atoms with van der Waals surface area (Å²) in [5, 5.41) is 7.36. The fraction of sp³-hybridized carbons (Fsp3) is 0.750. The van der Waals surface area contributed by atoms with Gasteiger partial charge in [-0.1, -0.05) is 5.10 Å².